The normalized spacial score (nSPS) is 10.8. The van der Waals surface area contributed by atoms with Crippen LogP contribution < -0.4 is 0 Å². The Labute approximate surface area is 130 Å². The predicted octanol–water partition coefficient (Wildman–Crippen LogP) is 2.00. The summed E-state index contributed by atoms with van der Waals surface area (Å²) in [5.41, 5.74) is 1.66. The number of halogens is 2. The molecule has 2 heterocycles. The van der Waals surface area contributed by atoms with Crippen LogP contribution in [0.3, 0.4) is 0 Å². The molecule has 0 saturated heterocycles. The number of likely N-dealkylation sites (N-methyl/N-ethyl adjacent to an activating group) is 1. The van der Waals surface area contributed by atoms with Gasteiger partial charge in [-0.05, 0) is 22.9 Å². The van der Waals surface area contributed by atoms with Crippen LogP contribution in [0.4, 0.5) is 0 Å². The number of hydrogen-bond donors (Lipinski definition) is 0. The standard InChI is InChI=1S/C12H15BrClN5O/c1-8-10(14)5-19(16-8)7-12(20)17(2)6-11-9(13)4-15-18(11)3/h4-5H,6-7H2,1-3H3. The second-order valence-corrected chi connectivity index (χ2v) is 5.83. The Morgan fingerprint density at radius 1 is 1.55 bits per heavy atom. The third kappa shape index (κ3) is 3.21. The Morgan fingerprint density at radius 3 is 2.75 bits per heavy atom. The van der Waals surface area contributed by atoms with E-state index in [1.807, 2.05) is 7.05 Å². The largest absolute Gasteiger partial charge is 0.338 e. The quantitative estimate of drug-likeness (QED) is 0.838. The van der Waals surface area contributed by atoms with Crippen molar-refractivity contribution in [1.29, 1.82) is 0 Å². The Morgan fingerprint density at radius 2 is 2.25 bits per heavy atom. The fraction of sp³-hybridized carbons (Fsp3) is 0.417. The summed E-state index contributed by atoms with van der Waals surface area (Å²) < 4.78 is 4.18. The lowest BCUT2D eigenvalue weighted by atomic mass is 10.4. The van der Waals surface area contributed by atoms with Gasteiger partial charge in [0.15, 0.2) is 0 Å². The van der Waals surface area contributed by atoms with Crippen molar-refractivity contribution in [2.45, 2.75) is 20.0 Å². The molecule has 0 aliphatic rings. The molecule has 0 N–H and O–H groups in total. The van der Waals surface area contributed by atoms with E-state index in [4.69, 9.17) is 11.6 Å². The summed E-state index contributed by atoms with van der Waals surface area (Å²) in [6, 6.07) is 0. The zero-order valence-electron chi connectivity index (χ0n) is 11.5. The lowest BCUT2D eigenvalue weighted by Crippen LogP contribution is -2.30. The van der Waals surface area contributed by atoms with Gasteiger partial charge in [-0.25, -0.2) is 0 Å². The Balaban J connectivity index is 2.02. The lowest BCUT2D eigenvalue weighted by Gasteiger charge is -2.17. The van der Waals surface area contributed by atoms with Gasteiger partial charge < -0.3 is 4.90 Å². The summed E-state index contributed by atoms with van der Waals surface area (Å²) in [5.74, 6) is -0.0442. The second kappa shape index (κ2) is 5.97. The van der Waals surface area contributed by atoms with Crippen LogP contribution >= 0.6 is 27.5 Å². The van der Waals surface area contributed by atoms with Crippen LogP contribution in [0.2, 0.25) is 5.02 Å². The number of rotatable bonds is 4. The molecule has 2 aromatic rings. The minimum absolute atomic E-state index is 0.0442. The summed E-state index contributed by atoms with van der Waals surface area (Å²) in [6.07, 6.45) is 3.37. The molecular formula is C12H15BrClN5O. The Hall–Kier alpha value is -1.34. The van der Waals surface area contributed by atoms with E-state index < -0.39 is 0 Å². The molecule has 0 aliphatic carbocycles. The summed E-state index contributed by atoms with van der Waals surface area (Å²) in [4.78, 5) is 13.8. The maximum atomic E-state index is 12.2. The van der Waals surface area contributed by atoms with E-state index >= 15 is 0 Å². The number of carbonyl (C=O) groups is 1. The summed E-state index contributed by atoms with van der Waals surface area (Å²) in [6.45, 7) is 2.45. The molecule has 0 fully saturated rings. The van der Waals surface area contributed by atoms with Crippen molar-refractivity contribution in [1.82, 2.24) is 24.5 Å². The highest BCUT2D eigenvalue weighted by atomic mass is 79.9. The highest BCUT2D eigenvalue weighted by molar-refractivity contribution is 9.10. The molecule has 2 rings (SSSR count). The molecule has 8 heteroatoms. The third-order valence-electron chi connectivity index (χ3n) is 3.01. The van der Waals surface area contributed by atoms with Gasteiger partial charge in [-0.15, -0.1) is 0 Å². The fourth-order valence-corrected chi connectivity index (χ4v) is 2.38. The van der Waals surface area contributed by atoms with Crippen LogP contribution in [-0.2, 0) is 24.9 Å². The van der Waals surface area contributed by atoms with Crippen LogP contribution in [0.25, 0.3) is 0 Å². The van der Waals surface area contributed by atoms with Gasteiger partial charge in [-0.2, -0.15) is 10.2 Å². The monoisotopic (exact) mass is 359 g/mol. The number of aryl methyl sites for hydroxylation is 2. The van der Waals surface area contributed by atoms with Gasteiger partial charge in [0.05, 0.1) is 33.6 Å². The van der Waals surface area contributed by atoms with Crippen LogP contribution in [0.1, 0.15) is 11.4 Å². The predicted molar refractivity (Wildman–Crippen MR) is 79.4 cm³/mol. The highest BCUT2D eigenvalue weighted by Crippen LogP contribution is 2.17. The first-order valence-electron chi connectivity index (χ1n) is 5.98. The smallest absolute Gasteiger partial charge is 0.244 e. The van der Waals surface area contributed by atoms with Gasteiger partial charge in [0.2, 0.25) is 5.91 Å². The van der Waals surface area contributed by atoms with E-state index in [1.54, 1.807) is 40.6 Å². The molecule has 1 amide bonds. The van der Waals surface area contributed by atoms with Crippen LogP contribution in [0.15, 0.2) is 16.9 Å². The first kappa shape index (κ1) is 15.1. The van der Waals surface area contributed by atoms with Crippen molar-refractivity contribution in [3.8, 4) is 0 Å². The average Bonchev–Trinajstić information content (AvgIpc) is 2.86. The molecule has 20 heavy (non-hydrogen) atoms. The molecule has 0 saturated carbocycles. The van der Waals surface area contributed by atoms with Crippen LogP contribution in [0.5, 0.6) is 0 Å². The number of aromatic nitrogens is 4. The molecule has 0 bridgehead atoms. The van der Waals surface area contributed by atoms with E-state index in [-0.39, 0.29) is 12.5 Å². The van der Waals surface area contributed by atoms with E-state index in [2.05, 4.69) is 26.1 Å². The van der Waals surface area contributed by atoms with Crippen LogP contribution in [0, 0.1) is 6.92 Å². The third-order valence-corrected chi connectivity index (χ3v) is 4.04. The topological polar surface area (TPSA) is 56.0 Å². The first-order valence-corrected chi connectivity index (χ1v) is 7.15. The molecule has 0 aromatic carbocycles. The van der Waals surface area contributed by atoms with E-state index in [0.717, 1.165) is 15.9 Å². The summed E-state index contributed by atoms with van der Waals surface area (Å²) >= 11 is 9.34. The van der Waals surface area contributed by atoms with Crippen molar-refractivity contribution in [2.24, 2.45) is 7.05 Å². The van der Waals surface area contributed by atoms with Crippen LogP contribution in [-0.4, -0.2) is 37.4 Å². The summed E-state index contributed by atoms with van der Waals surface area (Å²) in [7, 11) is 3.59. The fourth-order valence-electron chi connectivity index (χ4n) is 1.76. The molecular weight excluding hydrogens is 346 g/mol. The average molecular weight is 361 g/mol. The SMILES string of the molecule is Cc1nn(CC(=O)N(C)Cc2c(Br)cnn2C)cc1Cl. The minimum atomic E-state index is -0.0442. The molecule has 0 aliphatic heterocycles. The number of carbonyl (C=O) groups excluding carboxylic acids is 1. The van der Waals surface area contributed by atoms with Gasteiger partial charge in [-0.1, -0.05) is 11.6 Å². The molecule has 0 spiro atoms. The maximum absolute atomic E-state index is 12.2. The van der Waals surface area contributed by atoms with E-state index in [0.29, 0.717) is 11.6 Å². The molecule has 108 valence electrons. The van der Waals surface area contributed by atoms with Gasteiger partial charge in [-0.3, -0.25) is 14.2 Å². The van der Waals surface area contributed by atoms with E-state index in [1.165, 1.54) is 0 Å². The van der Waals surface area contributed by atoms with Crippen molar-refractivity contribution in [3.63, 3.8) is 0 Å². The van der Waals surface area contributed by atoms with Crippen molar-refractivity contribution >= 4 is 33.4 Å². The molecule has 6 nitrogen and oxygen atoms in total. The molecule has 0 unspecified atom stereocenters. The minimum Gasteiger partial charge on any atom is -0.338 e. The van der Waals surface area contributed by atoms with Gasteiger partial charge >= 0.3 is 0 Å². The maximum Gasteiger partial charge on any atom is 0.244 e. The van der Waals surface area contributed by atoms with Gasteiger partial charge in [0.25, 0.3) is 0 Å². The lowest BCUT2D eigenvalue weighted by molar-refractivity contribution is -0.131. The zero-order valence-corrected chi connectivity index (χ0v) is 13.8. The molecule has 0 radical (unpaired) electrons. The Bertz CT molecular complexity index is 597. The van der Waals surface area contributed by atoms with E-state index in [9.17, 15) is 4.79 Å². The highest BCUT2D eigenvalue weighted by Gasteiger charge is 2.15. The molecule has 0 atom stereocenters. The second-order valence-electron chi connectivity index (χ2n) is 4.57. The zero-order chi connectivity index (χ0) is 14.9. The Kier molecular flexibility index (Phi) is 4.49. The molecule has 2 aromatic heterocycles. The first-order chi connectivity index (χ1) is 9.38. The number of nitrogens with zero attached hydrogens (tertiary/aromatic N) is 5. The van der Waals surface area contributed by atoms with Gasteiger partial charge in [0.1, 0.15) is 6.54 Å². The van der Waals surface area contributed by atoms with Crippen molar-refractivity contribution in [2.75, 3.05) is 7.05 Å². The summed E-state index contributed by atoms with van der Waals surface area (Å²) in [5, 5.41) is 8.86. The van der Waals surface area contributed by atoms with Crippen molar-refractivity contribution < 1.29 is 4.79 Å². The number of amides is 1. The number of hydrogen-bond acceptors (Lipinski definition) is 3. The van der Waals surface area contributed by atoms with Crippen molar-refractivity contribution in [3.05, 3.63) is 33.3 Å². The van der Waals surface area contributed by atoms with Gasteiger partial charge in [0, 0.05) is 20.3 Å².